The van der Waals surface area contributed by atoms with Crippen LogP contribution in [0.4, 0.5) is 5.69 Å². The zero-order valence-corrected chi connectivity index (χ0v) is 9.38. The number of carbonyl (C=O) groups excluding carboxylic acids is 1. The fourth-order valence-electron chi connectivity index (χ4n) is 1.67. The number of methoxy groups -OCH3 is 2. The number of benzene rings is 1. The molecule has 2 N–H and O–H groups in total. The van der Waals surface area contributed by atoms with Gasteiger partial charge in [-0.1, -0.05) is 0 Å². The number of ketones is 1. The average molecular weight is 209 g/mol. The maximum atomic E-state index is 11.4. The average Bonchev–Trinajstić information content (AvgIpc) is 2.16. The molecule has 0 aromatic heterocycles. The van der Waals surface area contributed by atoms with Gasteiger partial charge in [-0.3, -0.25) is 4.79 Å². The molecule has 0 atom stereocenters. The van der Waals surface area contributed by atoms with Gasteiger partial charge in [0.15, 0.2) is 17.3 Å². The van der Waals surface area contributed by atoms with Gasteiger partial charge in [-0.25, -0.2) is 0 Å². The molecular formula is C11H15NO3. The van der Waals surface area contributed by atoms with E-state index in [0.29, 0.717) is 28.3 Å². The number of Topliss-reactive ketones (excluding diaryl/α,β-unsaturated/α-hetero) is 1. The normalized spacial score (nSPS) is 9.87. The molecule has 4 nitrogen and oxygen atoms in total. The third kappa shape index (κ3) is 1.88. The van der Waals surface area contributed by atoms with Gasteiger partial charge >= 0.3 is 0 Å². The molecule has 4 heteroatoms. The summed E-state index contributed by atoms with van der Waals surface area (Å²) in [5, 5.41) is 0. The lowest BCUT2D eigenvalue weighted by molar-refractivity contribution is 0.101. The lowest BCUT2D eigenvalue weighted by Crippen LogP contribution is -2.05. The Labute approximate surface area is 89.0 Å². The molecule has 0 aliphatic heterocycles. The highest BCUT2D eigenvalue weighted by atomic mass is 16.5. The molecule has 1 rings (SSSR count). The molecule has 0 amide bonds. The van der Waals surface area contributed by atoms with Gasteiger partial charge in [-0.2, -0.15) is 0 Å². The Morgan fingerprint density at radius 2 is 1.93 bits per heavy atom. The highest BCUT2D eigenvalue weighted by Gasteiger charge is 2.17. The lowest BCUT2D eigenvalue weighted by atomic mass is 10.0. The number of rotatable bonds is 3. The molecule has 15 heavy (non-hydrogen) atoms. The summed E-state index contributed by atoms with van der Waals surface area (Å²) in [5.74, 6) is 1.01. The summed E-state index contributed by atoms with van der Waals surface area (Å²) in [5.41, 5.74) is 7.38. The minimum atomic E-state index is -0.0778. The van der Waals surface area contributed by atoms with E-state index in [-0.39, 0.29) is 5.78 Å². The van der Waals surface area contributed by atoms with Crippen molar-refractivity contribution in [3.05, 3.63) is 17.2 Å². The second-order valence-corrected chi connectivity index (χ2v) is 3.26. The number of ether oxygens (including phenoxy) is 2. The van der Waals surface area contributed by atoms with Gasteiger partial charge < -0.3 is 15.2 Å². The number of anilines is 1. The summed E-state index contributed by atoms with van der Waals surface area (Å²) in [4.78, 5) is 11.4. The molecule has 1 aromatic carbocycles. The number of nitrogen functional groups attached to an aromatic ring is 1. The summed E-state index contributed by atoms with van der Waals surface area (Å²) in [6, 6.07) is 1.60. The predicted octanol–water partition coefficient (Wildman–Crippen LogP) is 1.80. The number of hydrogen-bond donors (Lipinski definition) is 1. The molecule has 1 aromatic rings. The highest BCUT2D eigenvalue weighted by Crippen LogP contribution is 2.36. The van der Waals surface area contributed by atoms with E-state index >= 15 is 0 Å². The largest absolute Gasteiger partial charge is 0.493 e. The molecule has 0 radical (unpaired) electrons. The van der Waals surface area contributed by atoms with Gasteiger partial charge in [-0.15, -0.1) is 0 Å². The van der Waals surface area contributed by atoms with Crippen LogP contribution in [0.2, 0.25) is 0 Å². The lowest BCUT2D eigenvalue weighted by Gasteiger charge is -2.14. The Kier molecular flexibility index (Phi) is 3.19. The van der Waals surface area contributed by atoms with Crippen LogP contribution in [0.5, 0.6) is 11.5 Å². The minimum absolute atomic E-state index is 0.0778. The Morgan fingerprint density at radius 3 is 2.33 bits per heavy atom. The fraction of sp³-hybridized carbons (Fsp3) is 0.364. The van der Waals surface area contributed by atoms with Crippen LogP contribution >= 0.6 is 0 Å². The molecule has 0 unspecified atom stereocenters. The van der Waals surface area contributed by atoms with Crippen LogP contribution in [-0.4, -0.2) is 20.0 Å². The van der Waals surface area contributed by atoms with Crippen molar-refractivity contribution in [1.29, 1.82) is 0 Å². The van der Waals surface area contributed by atoms with Crippen molar-refractivity contribution in [2.45, 2.75) is 13.8 Å². The molecule has 0 fully saturated rings. The number of hydrogen-bond acceptors (Lipinski definition) is 4. The van der Waals surface area contributed by atoms with Crippen molar-refractivity contribution in [1.82, 2.24) is 0 Å². The molecule has 0 bridgehead atoms. The smallest absolute Gasteiger partial charge is 0.164 e. The van der Waals surface area contributed by atoms with Gasteiger partial charge in [0.2, 0.25) is 0 Å². The summed E-state index contributed by atoms with van der Waals surface area (Å²) in [6.07, 6.45) is 0. The quantitative estimate of drug-likeness (QED) is 0.609. The Bertz CT molecular complexity index is 399. The van der Waals surface area contributed by atoms with Crippen molar-refractivity contribution in [3.8, 4) is 11.5 Å². The van der Waals surface area contributed by atoms with Gasteiger partial charge in [0, 0.05) is 22.9 Å². The van der Waals surface area contributed by atoms with Crippen LogP contribution < -0.4 is 15.2 Å². The Morgan fingerprint density at radius 1 is 1.33 bits per heavy atom. The van der Waals surface area contributed by atoms with E-state index in [2.05, 4.69) is 0 Å². The molecule has 82 valence electrons. The molecule has 0 aliphatic carbocycles. The van der Waals surface area contributed by atoms with Crippen molar-refractivity contribution in [3.63, 3.8) is 0 Å². The number of carbonyl (C=O) groups is 1. The molecular weight excluding hydrogens is 194 g/mol. The first-order valence-electron chi connectivity index (χ1n) is 4.54. The zero-order chi connectivity index (χ0) is 11.6. The van der Waals surface area contributed by atoms with Crippen LogP contribution in [0.3, 0.4) is 0 Å². The van der Waals surface area contributed by atoms with Crippen LogP contribution in [0, 0.1) is 6.92 Å². The maximum absolute atomic E-state index is 11.4. The first-order valence-corrected chi connectivity index (χ1v) is 4.54. The van der Waals surface area contributed by atoms with Gasteiger partial charge in [-0.05, 0) is 13.8 Å². The van der Waals surface area contributed by atoms with E-state index in [0.717, 1.165) is 0 Å². The predicted molar refractivity (Wildman–Crippen MR) is 58.7 cm³/mol. The van der Waals surface area contributed by atoms with Gasteiger partial charge in [0.25, 0.3) is 0 Å². The fourth-order valence-corrected chi connectivity index (χ4v) is 1.67. The first kappa shape index (κ1) is 11.4. The maximum Gasteiger partial charge on any atom is 0.164 e. The Hall–Kier alpha value is -1.71. The summed E-state index contributed by atoms with van der Waals surface area (Å²) >= 11 is 0. The van der Waals surface area contributed by atoms with Crippen LogP contribution in [0.1, 0.15) is 22.8 Å². The van der Waals surface area contributed by atoms with Crippen LogP contribution in [0.15, 0.2) is 6.07 Å². The van der Waals surface area contributed by atoms with E-state index in [1.54, 1.807) is 13.0 Å². The minimum Gasteiger partial charge on any atom is -0.493 e. The Balaban J connectivity index is 3.51. The van der Waals surface area contributed by atoms with Gasteiger partial charge in [0.1, 0.15) is 0 Å². The van der Waals surface area contributed by atoms with E-state index in [1.165, 1.54) is 21.1 Å². The SMILES string of the molecule is COc1cc(N)c(C(C)=O)c(C)c1OC. The second-order valence-electron chi connectivity index (χ2n) is 3.26. The van der Waals surface area contributed by atoms with Crippen molar-refractivity contribution in [2.24, 2.45) is 0 Å². The van der Waals surface area contributed by atoms with Crippen LogP contribution in [0.25, 0.3) is 0 Å². The highest BCUT2D eigenvalue weighted by molar-refractivity contribution is 6.01. The summed E-state index contributed by atoms with van der Waals surface area (Å²) in [7, 11) is 3.06. The summed E-state index contributed by atoms with van der Waals surface area (Å²) < 4.78 is 10.3. The first-order chi connectivity index (χ1) is 7.02. The van der Waals surface area contributed by atoms with Crippen molar-refractivity contribution < 1.29 is 14.3 Å². The van der Waals surface area contributed by atoms with E-state index in [4.69, 9.17) is 15.2 Å². The summed E-state index contributed by atoms with van der Waals surface area (Å²) in [6.45, 7) is 3.26. The third-order valence-corrected chi connectivity index (χ3v) is 2.29. The molecule has 0 saturated carbocycles. The molecule has 0 spiro atoms. The number of nitrogens with two attached hydrogens (primary N) is 1. The molecule has 0 saturated heterocycles. The van der Waals surface area contributed by atoms with Crippen molar-refractivity contribution in [2.75, 3.05) is 20.0 Å². The van der Waals surface area contributed by atoms with E-state index < -0.39 is 0 Å². The van der Waals surface area contributed by atoms with E-state index in [9.17, 15) is 4.79 Å². The molecule has 0 aliphatic rings. The van der Waals surface area contributed by atoms with E-state index in [1.807, 2.05) is 0 Å². The second kappa shape index (κ2) is 4.21. The molecule has 0 heterocycles. The van der Waals surface area contributed by atoms with Crippen LogP contribution in [-0.2, 0) is 0 Å². The monoisotopic (exact) mass is 209 g/mol. The zero-order valence-electron chi connectivity index (χ0n) is 9.38. The topological polar surface area (TPSA) is 61.5 Å². The van der Waals surface area contributed by atoms with Crippen molar-refractivity contribution >= 4 is 11.5 Å². The standard InChI is InChI=1S/C11H15NO3/c1-6-10(7(2)13)8(12)5-9(14-3)11(6)15-4/h5H,12H2,1-4H3. The van der Waals surface area contributed by atoms with Gasteiger partial charge in [0.05, 0.1) is 14.2 Å². The third-order valence-electron chi connectivity index (χ3n) is 2.29.